The van der Waals surface area contributed by atoms with Crippen molar-refractivity contribution in [3.63, 3.8) is 0 Å². The second kappa shape index (κ2) is 7.16. The van der Waals surface area contributed by atoms with Crippen molar-refractivity contribution in [1.82, 2.24) is 4.90 Å². The van der Waals surface area contributed by atoms with Gasteiger partial charge in [0.2, 0.25) is 11.8 Å². The van der Waals surface area contributed by atoms with Gasteiger partial charge in [-0.1, -0.05) is 18.2 Å². The standard InChI is InChI=1S/C19H26N2O2/c20-18(22)12-14-7-9-21(10-8-14)19(23)13-15-5-6-16-3-1-2-4-17(16)11-15/h5-6,11,14H,1-4,7-10,12-13H2,(H2,20,22). The molecule has 4 nitrogen and oxygen atoms in total. The zero-order valence-corrected chi connectivity index (χ0v) is 13.7. The van der Waals surface area contributed by atoms with Crippen LogP contribution in [0.3, 0.4) is 0 Å². The molecule has 4 heteroatoms. The van der Waals surface area contributed by atoms with Crippen LogP contribution in [0.1, 0.15) is 48.8 Å². The van der Waals surface area contributed by atoms with E-state index < -0.39 is 0 Å². The lowest BCUT2D eigenvalue weighted by atomic mass is 9.89. The Morgan fingerprint density at radius 3 is 2.48 bits per heavy atom. The summed E-state index contributed by atoms with van der Waals surface area (Å²) in [5, 5.41) is 0. The Labute approximate surface area is 138 Å². The summed E-state index contributed by atoms with van der Waals surface area (Å²) >= 11 is 0. The summed E-state index contributed by atoms with van der Waals surface area (Å²) in [7, 11) is 0. The van der Waals surface area contributed by atoms with Gasteiger partial charge in [-0.15, -0.1) is 0 Å². The first-order valence-corrected chi connectivity index (χ1v) is 8.78. The predicted molar refractivity (Wildman–Crippen MR) is 89.9 cm³/mol. The number of carbonyl (C=O) groups excluding carboxylic acids is 2. The SMILES string of the molecule is NC(=O)CC1CCN(C(=O)Cc2ccc3c(c2)CCCC3)CC1. The van der Waals surface area contributed by atoms with Gasteiger partial charge in [-0.2, -0.15) is 0 Å². The molecule has 2 aliphatic rings. The van der Waals surface area contributed by atoms with Gasteiger partial charge in [0.05, 0.1) is 6.42 Å². The molecule has 3 rings (SSSR count). The number of hydrogen-bond acceptors (Lipinski definition) is 2. The molecule has 1 aliphatic carbocycles. The van der Waals surface area contributed by atoms with E-state index in [1.165, 1.54) is 30.4 Å². The Morgan fingerprint density at radius 1 is 1.09 bits per heavy atom. The van der Waals surface area contributed by atoms with E-state index in [9.17, 15) is 9.59 Å². The average molecular weight is 314 g/mol. The van der Waals surface area contributed by atoms with E-state index in [4.69, 9.17) is 5.73 Å². The number of aryl methyl sites for hydroxylation is 2. The molecule has 1 fully saturated rings. The molecule has 1 heterocycles. The molecule has 1 aromatic rings. The number of hydrogen-bond donors (Lipinski definition) is 1. The van der Waals surface area contributed by atoms with Gasteiger partial charge >= 0.3 is 0 Å². The van der Waals surface area contributed by atoms with Crippen molar-refractivity contribution in [3.05, 3.63) is 34.9 Å². The van der Waals surface area contributed by atoms with Crippen LogP contribution in [0.5, 0.6) is 0 Å². The maximum absolute atomic E-state index is 12.5. The topological polar surface area (TPSA) is 63.4 Å². The predicted octanol–water partition coefficient (Wildman–Crippen LogP) is 2.22. The number of rotatable bonds is 4. The van der Waals surface area contributed by atoms with E-state index in [1.54, 1.807) is 0 Å². The first-order valence-electron chi connectivity index (χ1n) is 8.78. The number of piperidine rings is 1. The van der Waals surface area contributed by atoms with Crippen LogP contribution in [0.4, 0.5) is 0 Å². The Hall–Kier alpha value is -1.84. The van der Waals surface area contributed by atoms with Gasteiger partial charge in [-0.05, 0) is 61.1 Å². The lowest BCUT2D eigenvalue weighted by molar-refractivity contribution is -0.131. The zero-order valence-electron chi connectivity index (χ0n) is 13.7. The number of nitrogens with two attached hydrogens (primary N) is 1. The van der Waals surface area contributed by atoms with Gasteiger partial charge < -0.3 is 10.6 Å². The number of amides is 2. The zero-order chi connectivity index (χ0) is 16.2. The van der Waals surface area contributed by atoms with E-state index in [0.29, 0.717) is 18.8 Å². The average Bonchev–Trinajstić information content (AvgIpc) is 2.55. The third-order valence-electron chi connectivity index (χ3n) is 5.23. The first kappa shape index (κ1) is 16.0. The molecule has 2 amide bonds. The van der Waals surface area contributed by atoms with Crippen molar-refractivity contribution >= 4 is 11.8 Å². The fourth-order valence-corrected chi connectivity index (χ4v) is 3.85. The van der Waals surface area contributed by atoms with Crippen molar-refractivity contribution in [2.45, 2.75) is 51.4 Å². The Bertz CT molecular complexity index is 589. The van der Waals surface area contributed by atoms with Crippen molar-refractivity contribution in [3.8, 4) is 0 Å². The molecule has 1 saturated heterocycles. The molecule has 0 aromatic heterocycles. The molecular weight excluding hydrogens is 288 g/mol. The van der Waals surface area contributed by atoms with Crippen molar-refractivity contribution in [2.75, 3.05) is 13.1 Å². The highest BCUT2D eigenvalue weighted by atomic mass is 16.2. The maximum Gasteiger partial charge on any atom is 0.226 e. The Kier molecular flexibility index (Phi) is 4.99. The Balaban J connectivity index is 1.54. The summed E-state index contributed by atoms with van der Waals surface area (Å²) in [5.74, 6) is 0.322. The molecule has 0 unspecified atom stereocenters. The number of likely N-dealkylation sites (tertiary alicyclic amines) is 1. The quantitative estimate of drug-likeness (QED) is 0.926. The molecule has 124 valence electrons. The van der Waals surface area contributed by atoms with Gasteiger partial charge in [0.25, 0.3) is 0 Å². The lowest BCUT2D eigenvalue weighted by Gasteiger charge is -2.31. The molecule has 23 heavy (non-hydrogen) atoms. The van der Waals surface area contributed by atoms with E-state index in [1.807, 2.05) is 4.90 Å². The van der Waals surface area contributed by atoms with Crippen LogP contribution in [-0.2, 0) is 28.9 Å². The van der Waals surface area contributed by atoms with Crippen molar-refractivity contribution < 1.29 is 9.59 Å². The maximum atomic E-state index is 12.5. The number of primary amides is 1. The molecular formula is C19H26N2O2. The van der Waals surface area contributed by atoms with Crippen LogP contribution in [0.15, 0.2) is 18.2 Å². The minimum Gasteiger partial charge on any atom is -0.370 e. The number of nitrogens with zero attached hydrogens (tertiary/aromatic N) is 1. The monoisotopic (exact) mass is 314 g/mol. The number of benzene rings is 1. The second-order valence-corrected chi connectivity index (χ2v) is 6.98. The molecule has 1 aliphatic heterocycles. The van der Waals surface area contributed by atoms with Gasteiger partial charge in [0.15, 0.2) is 0 Å². The molecule has 0 atom stereocenters. The lowest BCUT2D eigenvalue weighted by Crippen LogP contribution is -2.40. The highest BCUT2D eigenvalue weighted by Gasteiger charge is 2.24. The van der Waals surface area contributed by atoms with E-state index in [2.05, 4.69) is 18.2 Å². The van der Waals surface area contributed by atoms with Gasteiger partial charge in [0.1, 0.15) is 0 Å². The van der Waals surface area contributed by atoms with Crippen LogP contribution in [0.25, 0.3) is 0 Å². The van der Waals surface area contributed by atoms with Crippen LogP contribution < -0.4 is 5.73 Å². The molecule has 0 bridgehead atoms. The van der Waals surface area contributed by atoms with Crippen molar-refractivity contribution in [1.29, 1.82) is 0 Å². The molecule has 0 radical (unpaired) electrons. The van der Waals surface area contributed by atoms with Crippen LogP contribution in [0.2, 0.25) is 0 Å². The molecule has 1 aromatic carbocycles. The summed E-state index contributed by atoms with van der Waals surface area (Å²) in [6.45, 7) is 1.50. The second-order valence-electron chi connectivity index (χ2n) is 6.98. The highest BCUT2D eigenvalue weighted by Crippen LogP contribution is 2.24. The third kappa shape index (κ3) is 4.12. The fraction of sp³-hybridized carbons (Fsp3) is 0.579. The van der Waals surface area contributed by atoms with Crippen LogP contribution in [-0.4, -0.2) is 29.8 Å². The fourth-order valence-electron chi connectivity index (χ4n) is 3.85. The molecule has 0 saturated carbocycles. The summed E-state index contributed by atoms with van der Waals surface area (Å²) in [6, 6.07) is 6.55. The highest BCUT2D eigenvalue weighted by molar-refractivity contribution is 5.79. The Morgan fingerprint density at radius 2 is 1.78 bits per heavy atom. The van der Waals surface area contributed by atoms with Crippen molar-refractivity contribution in [2.24, 2.45) is 11.7 Å². The normalized spacial score (nSPS) is 18.5. The van der Waals surface area contributed by atoms with Crippen LogP contribution >= 0.6 is 0 Å². The minimum atomic E-state index is -0.233. The smallest absolute Gasteiger partial charge is 0.226 e. The first-order chi connectivity index (χ1) is 11.1. The van der Waals surface area contributed by atoms with E-state index >= 15 is 0 Å². The third-order valence-corrected chi connectivity index (χ3v) is 5.23. The largest absolute Gasteiger partial charge is 0.370 e. The minimum absolute atomic E-state index is 0.207. The van der Waals surface area contributed by atoms with E-state index in [-0.39, 0.29) is 11.8 Å². The molecule has 0 spiro atoms. The number of fused-ring (bicyclic) bond motifs is 1. The van der Waals surface area contributed by atoms with Gasteiger partial charge in [0, 0.05) is 19.5 Å². The summed E-state index contributed by atoms with van der Waals surface area (Å²) < 4.78 is 0. The summed E-state index contributed by atoms with van der Waals surface area (Å²) in [4.78, 5) is 25.4. The summed E-state index contributed by atoms with van der Waals surface area (Å²) in [6.07, 6.45) is 7.59. The summed E-state index contributed by atoms with van der Waals surface area (Å²) in [5.41, 5.74) is 9.28. The van der Waals surface area contributed by atoms with Gasteiger partial charge in [-0.3, -0.25) is 9.59 Å². The molecule has 2 N–H and O–H groups in total. The number of carbonyl (C=O) groups is 2. The van der Waals surface area contributed by atoms with Gasteiger partial charge in [-0.25, -0.2) is 0 Å². The van der Waals surface area contributed by atoms with Crippen LogP contribution in [0, 0.1) is 5.92 Å². The van der Waals surface area contributed by atoms with E-state index in [0.717, 1.165) is 37.9 Å².